The van der Waals surface area contributed by atoms with Crippen molar-refractivity contribution in [2.24, 2.45) is 0 Å². The molecule has 168 valence electrons. The van der Waals surface area contributed by atoms with Gasteiger partial charge in [-0.1, -0.05) is 24.3 Å². The van der Waals surface area contributed by atoms with E-state index in [2.05, 4.69) is 9.97 Å². The lowest BCUT2D eigenvalue weighted by Gasteiger charge is -2.23. The number of anilines is 1. The number of aliphatic hydroxyl groups excluding tert-OH is 1. The van der Waals surface area contributed by atoms with Crippen molar-refractivity contribution in [1.29, 1.82) is 0 Å². The first kappa shape index (κ1) is 20.0. The van der Waals surface area contributed by atoms with Crippen molar-refractivity contribution in [3.63, 3.8) is 0 Å². The van der Waals surface area contributed by atoms with Crippen molar-refractivity contribution in [1.82, 2.24) is 9.97 Å². The number of phenols is 1. The van der Waals surface area contributed by atoms with Crippen molar-refractivity contribution < 1.29 is 24.5 Å². The van der Waals surface area contributed by atoms with Crippen LogP contribution in [0.4, 0.5) is 5.95 Å². The highest BCUT2D eigenvalue weighted by atomic mass is 16.5. The van der Waals surface area contributed by atoms with Gasteiger partial charge in [0.1, 0.15) is 17.3 Å². The minimum absolute atomic E-state index is 0.0256. The van der Waals surface area contributed by atoms with E-state index in [9.17, 15) is 19.8 Å². The number of nitrogens with one attached hydrogen (secondary N) is 1. The molecule has 0 spiro atoms. The second kappa shape index (κ2) is 7.48. The quantitative estimate of drug-likeness (QED) is 0.247. The predicted molar refractivity (Wildman–Crippen MR) is 125 cm³/mol. The molecule has 34 heavy (non-hydrogen) atoms. The van der Waals surface area contributed by atoms with Gasteiger partial charge < -0.3 is 19.9 Å². The third kappa shape index (κ3) is 3.03. The number of hydrogen-bond acceptors (Lipinski definition) is 6. The first-order valence-electron chi connectivity index (χ1n) is 10.8. The minimum Gasteiger partial charge on any atom is -0.508 e. The average molecular weight is 453 g/mol. The number of para-hydroxylation sites is 2. The Morgan fingerprint density at radius 3 is 2.74 bits per heavy atom. The summed E-state index contributed by atoms with van der Waals surface area (Å²) in [5, 5.41) is 21.4. The lowest BCUT2D eigenvalue weighted by atomic mass is 9.94. The number of nitrogens with zero attached hydrogens (tertiary/aromatic N) is 2. The van der Waals surface area contributed by atoms with E-state index in [1.165, 1.54) is 17.0 Å². The molecule has 1 amide bonds. The number of benzene rings is 3. The van der Waals surface area contributed by atoms with Crippen molar-refractivity contribution in [3.05, 3.63) is 89.0 Å². The summed E-state index contributed by atoms with van der Waals surface area (Å²) < 4.78 is 5.54. The van der Waals surface area contributed by atoms with E-state index in [-0.39, 0.29) is 23.0 Å². The standard InChI is InChI=1S/C26H19N3O5/c30-17-5-3-4-15(13-17)22-21(23(31)16-8-9-20-14(12-16)10-11-34-20)24(32)25(33)29(22)26-27-18-6-1-2-7-19(18)28-26/h1-9,12-13,22,30-31H,10-11H2,(H,27,28)/b23-21+. The molecule has 0 radical (unpaired) electrons. The smallest absolute Gasteiger partial charge is 0.302 e. The highest BCUT2D eigenvalue weighted by Gasteiger charge is 2.48. The number of H-pyrrole nitrogens is 1. The molecule has 3 N–H and O–H groups in total. The van der Waals surface area contributed by atoms with Crippen molar-refractivity contribution in [2.75, 3.05) is 11.5 Å². The zero-order valence-electron chi connectivity index (χ0n) is 17.9. The molecule has 0 saturated carbocycles. The fourth-order valence-corrected chi connectivity index (χ4v) is 4.60. The molecule has 8 heteroatoms. The number of aromatic hydroxyl groups is 1. The molecule has 2 aliphatic rings. The zero-order valence-corrected chi connectivity index (χ0v) is 17.9. The van der Waals surface area contributed by atoms with E-state index in [0.717, 1.165) is 11.3 Å². The molecule has 1 fully saturated rings. The molecule has 4 aromatic rings. The highest BCUT2D eigenvalue weighted by molar-refractivity contribution is 6.51. The van der Waals surface area contributed by atoms with Gasteiger partial charge in [0, 0.05) is 12.0 Å². The van der Waals surface area contributed by atoms with Gasteiger partial charge in [-0.2, -0.15) is 0 Å². The maximum absolute atomic E-state index is 13.3. The maximum atomic E-state index is 13.3. The normalized spacial score (nSPS) is 18.9. The Balaban J connectivity index is 1.56. The average Bonchev–Trinajstić information content (AvgIpc) is 3.54. The zero-order chi connectivity index (χ0) is 23.4. The number of amides is 1. The SMILES string of the molecule is O=C1C(=O)N(c2nc3ccccc3[nH]2)C(c2cccc(O)c2)/C1=C(\O)c1ccc2c(c1)CCO2. The van der Waals surface area contributed by atoms with Crippen molar-refractivity contribution in [3.8, 4) is 11.5 Å². The molecule has 0 bridgehead atoms. The van der Waals surface area contributed by atoms with Crippen molar-refractivity contribution in [2.45, 2.75) is 12.5 Å². The summed E-state index contributed by atoms with van der Waals surface area (Å²) in [6, 6.07) is 17.7. The number of aliphatic hydroxyl groups is 1. The van der Waals surface area contributed by atoms with Gasteiger partial charge in [0.15, 0.2) is 0 Å². The number of hydrogen-bond donors (Lipinski definition) is 3. The second-order valence-corrected chi connectivity index (χ2v) is 8.26. The third-order valence-electron chi connectivity index (χ3n) is 6.20. The first-order valence-corrected chi connectivity index (χ1v) is 10.8. The van der Waals surface area contributed by atoms with Crippen molar-refractivity contribution >= 4 is 34.4 Å². The lowest BCUT2D eigenvalue weighted by Crippen LogP contribution is -2.30. The maximum Gasteiger partial charge on any atom is 0.302 e. The number of ether oxygens (including phenoxy) is 1. The van der Waals surface area contributed by atoms with Gasteiger partial charge in [-0.25, -0.2) is 4.98 Å². The molecule has 1 unspecified atom stereocenters. The Kier molecular flexibility index (Phi) is 4.41. The summed E-state index contributed by atoms with van der Waals surface area (Å²) in [5.41, 5.74) is 3.06. The number of ketones is 1. The van der Waals surface area contributed by atoms with E-state index >= 15 is 0 Å². The van der Waals surface area contributed by atoms with Gasteiger partial charge in [-0.3, -0.25) is 14.5 Å². The molecule has 6 rings (SSSR count). The van der Waals surface area contributed by atoms with Gasteiger partial charge >= 0.3 is 5.91 Å². The van der Waals surface area contributed by atoms with Crippen LogP contribution in [0.2, 0.25) is 0 Å². The van der Waals surface area contributed by atoms with E-state index in [1.807, 2.05) is 18.2 Å². The number of phenolic OH excluding ortho intramolecular Hbond substituents is 1. The molecule has 8 nitrogen and oxygen atoms in total. The molecular weight excluding hydrogens is 434 g/mol. The van der Waals surface area contributed by atoms with E-state index < -0.39 is 17.7 Å². The number of rotatable bonds is 3. The summed E-state index contributed by atoms with van der Waals surface area (Å²) in [4.78, 5) is 35.4. The fraction of sp³-hybridized carbons (Fsp3) is 0.115. The first-order chi connectivity index (χ1) is 16.5. The summed E-state index contributed by atoms with van der Waals surface area (Å²) in [5.74, 6) is -1.05. The molecule has 3 aromatic carbocycles. The molecule has 1 atom stereocenters. The van der Waals surface area contributed by atoms with E-state index in [0.29, 0.717) is 35.2 Å². The lowest BCUT2D eigenvalue weighted by molar-refractivity contribution is -0.132. The molecule has 0 aliphatic carbocycles. The summed E-state index contributed by atoms with van der Waals surface area (Å²) >= 11 is 0. The number of aromatic amines is 1. The fourth-order valence-electron chi connectivity index (χ4n) is 4.60. The van der Waals surface area contributed by atoms with Crippen LogP contribution in [0.25, 0.3) is 16.8 Å². The van der Waals surface area contributed by atoms with Crippen LogP contribution in [-0.2, 0) is 16.0 Å². The number of Topliss-reactive ketones (excluding diaryl/α,β-unsaturated/α-hetero) is 1. The van der Waals surface area contributed by atoms with Crippen LogP contribution in [0.3, 0.4) is 0 Å². The Morgan fingerprint density at radius 1 is 1.06 bits per heavy atom. The number of carbonyl (C=O) groups excluding carboxylic acids is 2. The summed E-state index contributed by atoms with van der Waals surface area (Å²) in [6.07, 6.45) is 0.694. The van der Waals surface area contributed by atoms with E-state index in [4.69, 9.17) is 4.74 Å². The van der Waals surface area contributed by atoms with Gasteiger partial charge in [-0.15, -0.1) is 0 Å². The topological polar surface area (TPSA) is 116 Å². The van der Waals surface area contributed by atoms with Gasteiger partial charge in [-0.05, 0) is 53.6 Å². The highest BCUT2D eigenvalue weighted by Crippen LogP contribution is 2.42. The van der Waals surface area contributed by atoms with Crippen LogP contribution in [0.15, 0.2) is 72.3 Å². The second-order valence-electron chi connectivity index (χ2n) is 8.26. The minimum atomic E-state index is -0.989. The van der Waals surface area contributed by atoms with Crippen LogP contribution >= 0.6 is 0 Å². The van der Waals surface area contributed by atoms with Crippen LogP contribution in [-0.4, -0.2) is 38.5 Å². The monoisotopic (exact) mass is 453 g/mol. The Morgan fingerprint density at radius 2 is 1.91 bits per heavy atom. The number of imidazole rings is 1. The Labute approximate surface area is 193 Å². The summed E-state index contributed by atoms with van der Waals surface area (Å²) in [7, 11) is 0. The van der Waals surface area contributed by atoms with Gasteiger partial charge in [0.2, 0.25) is 5.95 Å². The van der Waals surface area contributed by atoms with Gasteiger partial charge in [0.05, 0.1) is 29.3 Å². The predicted octanol–water partition coefficient (Wildman–Crippen LogP) is 3.83. The molecule has 1 saturated heterocycles. The molecule has 2 aliphatic heterocycles. The van der Waals surface area contributed by atoms with Crippen LogP contribution in [0.5, 0.6) is 11.5 Å². The number of fused-ring (bicyclic) bond motifs is 2. The largest absolute Gasteiger partial charge is 0.508 e. The molecular formula is C26H19N3O5. The van der Waals surface area contributed by atoms with Gasteiger partial charge in [0.25, 0.3) is 5.78 Å². The number of carbonyl (C=O) groups is 2. The molecule has 1 aromatic heterocycles. The Hall–Kier alpha value is -4.59. The Bertz CT molecular complexity index is 1490. The van der Waals surface area contributed by atoms with Crippen LogP contribution in [0, 0.1) is 0 Å². The number of aromatic nitrogens is 2. The molecule has 3 heterocycles. The van der Waals surface area contributed by atoms with Crippen LogP contribution in [0.1, 0.15) is 22.7 Å². The summed E-state index contributed by atoms with van der Waals surface area (Å²) in [6.45, 7) is 0.555. The van der Waals surface area contributed by atoms with E-state index in [1.54, 1.807) is 36.4 Å². The van der Waals surface area contributed by atoms with Crippen LogP contribution < -0.4 is 9.64 Å². The third-order valence-corrected chi connectivity index (χ3v) is 6.20.